The van der Waals surface area contributed by atoms with E-state index in [9.17, 15) is 4.79 Å². The molecule has 18 heavy (non-hydrogen) atoms. The molecule has 1 aromatic carbocycles. The Morgan fingerprint density at radius 2 is 2.11 bits per heavy atom. The van der Waals surface area contributed by atoms with Crippen LogP contribution in [-0.2, 0) is 0 Å². The van der Waals surface area contributed by atoms with Crippen LogP contribution < -0.4 is 10.9 Å². The lowest BCUT2D eigenvalue weighted by Crippen LogP contribution is -2.10. The van der Waals surface area contributed by atoms with Gasteiger partial charge in [-0.05, 0) is 47.0 Å². The van der Waals surface area contributed by atoms with Gasteiger partial charge in [0, 0.05) is 4.47 Å². The van der Waals surface area contributed by atoms with E-state index >= 15 is 0 Å². The zero-order valence-corrected chi connectivity index (χ0v) is 12.2. The zero-order valence-electron chi connectivity index (χ0n) is 9.84. The van der Waals surface area contributed by atoms with Gasteiger partial charge in [-0.1, -0.05) is 17.7 Å². The normalized spacial score (nSPS) is 10.4. The van der Waals surface area contributed by atoms with Gasteiger partial charge in [-0.2, -0.15) is 0 Å². The van der Waals surface area contributed by atoms with Crippen molar-refractivity contribution in [1.29, 1.82) is 0 Å². The molecule has 4 nitrogen and oxygen atoms in total. The van der Waals surface area contributed by atoms with Gasteiger partial charge in [-0.25, -0.2) is 4.98 Å². The lowest BCUT2D eigenvalue weighted by atomic mass is 10.1. The van der Waals surface area contributed by atoms with E-state index in [0.717, 1.165) is 21.3 Å². The van der Waals surface area contributed by atoms with Gasteiger partial charge in [-0.3, -0.25) is 4.79 Å². The van der Waals surface area contributed by atoms with Crippen LogP contribution in [0.15, 0.2) is 27.7 Å². The monoisotopic (exact) mass is 327 g/mol. The molecule has 0 unspecified atom stereocenters. The first kappa shape index (κ1) is 13.1. The van der Waals surface area contributed by atoms with E-state index in [-0.39, 0.29) is 10.6 Å². The van der Waals surface area contributed by atoms with Crippen molar-refractivity contribution in [2.75, 3.05) is 5.32 Å². The third-order valence-electron chi connectivity index (χ3n) is 2.47. The molecular weight excluding hydrogens is 318 g/mol. The maximum atomic E-state index is 11.4. The molecule has 0 amide bonds. The van der Waals surface area contributed by atoms with Gasteiger partial charge in [0.2, 0.25) is 0 Å². The van der Waals surface area contributed by atoms with Gasteiger partial charge < -0.3 is 10.3 Å². The lowest BCUT2D eigenvalue weighted by Gasteiger charge is -2.12. The number of nitrogens with one attached hydrogen (secondary N) is 2. The molecule has 0 aliphatic rings. The summed E-state index contributed by atoms with van der Waals surface area (Å²) in [5, 5.41) is 3.11. The predicted octanol–water partition coefficient (Wildman–Crippen LogP) is 3.55. The Balaban J connectivity index is 2.47. The number of H-pyrrole nitrogens is 1. The third-order valence-corrected chi connectivity index (χ3v) is 3.45. The average molecular weight is 329 g/mol. The molecule has 2 rings (SSSR count). The number of rotatable bonds is 2. The van der Waals surface area contributed by atoms with Crippen molar-refractivity contribution in [2.24, 2.45) is 0 Å². The molecule has 0 saturated carbocycles. The van der Waals surface area contributed by atoms with E-state index in [1.807, 2.05) is 26.0 Å². The Kier molecular flexibility index (Phi) is 3.73. The standard InChI is InChI=1S/C12H11BrClN3O/c1-6-3-7(2)10(8(13)4-6)17-11-9(14)12(18)16-5-15-11/h3-5H,1-2H3,(H2,15,16,17,18). The molecule has 0 aliphatic heterocycles. The van der Waals surface area contributed by atoms with Crippen LogP contribution in [0.2, 0.25) is 5.02 Å². The first-order chi connectivity index (χ1) is 8.49. The van der Waals surface area contributed by atoms with Gasteiger partial charge in [0.25, 0.3) is 5.56 Å². The minimum atomic E-state index is -0.366. The molecule has 0 radical (unpaired) electrons. The van der Waals surface area contributed by atoms with Crippen molar-refractivity contribution in [2.45, 2.75) is 13.8 Å². The number of hydrogen-bond acceptors (Lipinski definition) is 3. The van der Waals surface area contributed by atoms with Crippen molar-refractivity contribution in [3.63, 3.8) is 0 Å². The maximum absolute atomic E-state index is 11.4. The summed E-state index contributed by atoms with van der Waals surface area (Å²) in [5.74, 6) is 0.341. The zero-order chi connectivity index (χ0) is 13.3. The van der Waals surface area contributed by atoms with Crippen LogP contribution in [0, 0.1) is 13.8 Å². The predicted molar refractivity (Wildman–Crippen MR) is 76.8 cm³/mol. The highest BCUT2D eigenvalue weighted by atomic mass is 79.9. The van der Waals surface area contributed by atoms with Crippen molar-refractivity contribution in [1.82, 2.24) is 9.97 Å². The second-order valence-corrected chi connectivity index (χ2v) is 5.19. The molecule has 2 N–H and O–H groups in total. The smallest absolute Gasteiger partial charge is 0.271 e. The summed E-state index contributed by atoms with van der Waals surface area (Å²) >= 11 is 9.37. The minimum absolute atomic E-state index is 0.0457. The fraction of sp³-hybridized carbons (Fsp3) is 0.167. The molecule has 94 valence electrons. The maximum Gasteiger partial charge on any atom is 0.271 e. The molecule has 0 bridgehead atoms. The Morgan fingerprint density at radius 1 is 1.39 bits per heavy atom. The molecule has 1 aromatic heterocycles. The summed E-state index contributed by atoms with van der Waals surface area (Å²) in [6, 6.07) is 4.02. The number of nitrogens with zero attached hydrogens (tertiary/aromatic N) is 1. The van der Waals surface area contributed by atoms with Gasteiger partial charge in [0.1, 0.15) is 5.02 Å². The number of hydrogen-bond donors (Lipinski definition) is 2. The molecule has 1 heterocycles. The first-order valence-electron chi connectivity index (χ1n) is 5.26. The summed E-state index contributed by atoms with van der Waals surface area (Å²) in [5.41, 5.74) is 2.67. The minimum Gasteiger partial charge on any atom is -0.338 e. The second-order valence-electron chi connectivity index (χ2n) is 3.96. The molecule has 0 saturated heterocycles. The Morgan fingerprint density at radius 3 is 2.78 bits per heavy atom. The summed E-state index contributed by atoms with van der Waals surface area (Å²) < 4.78 is 0.901. The highest BCUT2D eigenvalue weighted by Gasteiger charge is 2.10. The van der Waals surface area contributed by atoms with Crippen LogP contribution in [0.25, 0.3) is 0 Å². The molecular formula is C12H11BrClN3O. The van der Waals surface area contributed by atoms with Crippen molar-refractivity contribution in [3.8, 4) is 0 Å². The number of benzene rings is 1. The van der Waals surface area contributed by atoms with E-state index in [0.29, 0.717) is 5.82 Å². The van der Waals surface area contributed by atoms with Crippen LogP contribution in [0.1, 0.15) is 11.1 Å². The number of aromatic nitrogens is 2. The van der Waals surface area contributed by atoms with Gasteiger partial charge in [0.15, 0.2) is 5.82 Å². The van der Waals surface area contributed by atoms with E-state index in [4.69, 9.17) is 11.6 Å². The highest BCUT2D eigenvalue weighted by Crippen LogP contribution is 2.31. The number of aryl methyl sites for hydroxylation is 2. The van der Waals surface area contributed by atoms with E-state index in [1.54, 1.807) is 0 Å². The molecule has 6 heteroatoms. The topological polar surface area (TPSA) is 57.8 Å². The Hall–Kier alpha value is -1.33. The van der Waals surface area contributed by atoms with Crippen molar-refractivity contribution in [3.05, 3.63) is 49.4 Å². The molecule has 2 aromatic rings. The quantitative estimate of drug-likeness (QED) is 0.886. The van der Waals surface area contributed by atoms with E-state index in [1.165, 1.54) is 6.33 Å². The summed E-state index contributed by atoms with van der Waals surface area (Å²) in [7, 11) is 0. The van der Waals surface area contributed by atoms with Crippen LogP contribution in [0.4, 0.5) is 11.5 Å². The molecule has 0 fully saturated rings. The van der Waals surface area contributed by atoms with Gasteiger partial charge in [-0.15, -0.1) is 0 Å². The number of aromatic amines is 1. The fourth-order valence-corrected chi connectivity index (χ4v) is 2.59. The summed E-state index contributed by atoms with van der Waals surface area (Å²) in [4.78, 5) is 17.8. The van der Waals surface area contributed by atoms with Gasteiger partial charge in [0.05, 0.1) is 12.0 Å². The first-order valence-corrected chi connectivity index (χ1v) is 6.43. The second kappa shape index (κ2) is 5.12. The fourth-order valence-electron chi connectivity index (χ4n) is 1.66. The van der Waals surface area contributed by atoms with Crippen LogP contribution in [0.5, 0.6) is 0 Å². The summed E-state index contributed by atoms with van der Waals surface area (Å²) in [6.07, 6.45) is 1.31. The number of halogens is 2. The largest absolute Gasteiger partial charge is 0.338 e. The lowest BCUT2D eigenvalue weighted by molar-refractivity contribution is 1.12. The average Bonchev–Trinajstić information content (AvgIpc) is 2.28. The number of anilines is 2. The van der Waals surface area contributed by atoms with Crippen LogP contribution in [-0.4, -0.2) is 9.97 Å². The van der Waals surface area contributed by atoms with Crippen molar-refractivity contribution < 1.29 is 0 Å². The van der Waals surface area contributed by atoms with Crippen LogP contribution >= 0.6 is 27.5 Å². The van der Waals surface area contributed by atoms with Crippen molar-refractivity contribution >= 4 is 39.0 Å². The molecule has 0 spiro atoms. The molecule has 0 aliphatic carbocycles. The van der Waals surface area contributed by atoms with Gasteiger partial charge >= 0.3 is 0 Å². The third kappa shape index (κ3) is 2.57. The van der Waals surface area contributed by atoms with E-state index < -0.39 is 0 Å². The SMILES string of the molecule is Cc1cc(C)c(Nc2nc[nH]c(=O)c2Cl)c(Br)c1. The summed E-state index contributed by atoms with van der Waals surface area (Å²) in [6.45, 7) is 3.99. The van der Waals surface area contributed by atoms with E-state index in [2.05, 4.69) is 31.2 Å². The van der Waals surface area contributed by atoms with Crippen LogP contribution in [0.3, 0.4) is 0 Å². The molecule has 0 atom stereocenters. The Bertz CT molecular complexity index is 631. The highest BCUT2D eigenvalue weighted by molar-refractivity contribution is 9.10. The Labute approximate surface area is 118 Å².